The van der Waals surface area contributed by atoms with Gasteiger partial charge in [0, 0.05) is 16.7 Å². The Hall–Kier alpha value is -1.91. The zero-order valence-electron chi connectivity index (χ0n) is 6.45. The van der Waals surface area contributed by atoms with Gasteiger partial charge in [-0.3, -0.25) is 4.79 Å². The Morgan fingerprint density at radius 2 is 1.75 bits per heavy atom. The number of rotatable bonds is 4. The van der Waals surface area contributed by atoms with Crippen LogP contribution in [0.1, 0.15) is 6.92 Å². The second kappa shape index (κ2) is 5.84. The Balaban J connectivity index is 4.12. The Bertz CT molecular complexity index is 228. The van der Waals surface area contributed by atoms with Crippen molar-refractivity contribution in [3.8, 4) is 0 Å². The van der Waals surface area contributed by atoms with Gasteiger partial charge in [-0.1, -0.05) is 10.2 Å². The smallest absolute Gasteiger partial charge is 0.219 e. The molecule has 0 atom stereocenters. The molecule has 0 aromatic heterocycles. The lowest BCUT2D eigenvalue weighted by atomic mass is 10.6. The Labute approximate surface area is 68.0 Å². The second-order valence-corrected chi connectivity index (χ2v) is 1.80. The van der Waals surface area contributed by atoms with E-state index < -0.39 is 0 Å². The molecule has 0 saturated heterocycles. The van der Waals surface area contributed by atoms with Crippen molar-refractivity contribution in [2.45, 2.75) is 6.92 Å². The third-order valence-corrected chi connectivity index (χ3v) is 1.04. The SMILES string of the molecule is CC(=O)N(CN=[N+]=[N-])CN=[N+]=[N-]. The van der Waals surface area contributed by atoms with Crippen molar-refractivity contribution in [3.05, 3.63) is 20.9 Å². The van der Waals surface area contributed by atoms with E-state index in [1.807, 2.05) is 0 Å². The maximum Gasteiger partial charge on any atom is 0.219 e. The summed E-state index contributed by atoms with van der Waals surface area (Å²) in [7, 11) is 0. The Morgan fingerprint density at radius 3 is 2.00 bits per heavy atom. The molecular weight excluding hydrogens is 162 g/mol. The third-order valence-electron chi connectivity index (χ3n) is 1.04. The molecule has 0 aliphatic rings. The summed E-state index contributed by atoms with van der Waals surface area (Å²) >= 11 is 0. The van der Waals surface area contributed by atoms with Crippen LogP contribution in [0.15, 0.2) is 10.2 Å². The van der Waals surface area contributed by atoms with E-state index in [0.717, 1.165) is 4.90 Å². The van der Waals surface area contributed by atoms with Crippen molar-refractivity contribution < 1.29 is 4.79 Å². The van der Waals surface area contributed by atoms with Crippen LogP contribution in [-0.4, -0.2) is 24.1 Å². The first-order valence-corrected chi connectivity index (χ1v) is 2.99. The molecular formula is C4H7N7O. The van der Waals surface area contributed by atoms with Crippen LogP contribution in [0.2, 0.25) is 0 Å². The first-order chi connectivity index (χ1) is 5.72. The fraction of sp³-hybridized carbons (Fsp3) is 0.750. The maximum absolute atomic E-state index is 10.7. The molecule has 0 radical (unpaired) electrons. The van der Waals surface area contributed by atoms with Gasteiger partial charge in [0.05, 0.1) is 13.3 Å². The first kappa shape index (κ1) is 10.1. The molecule has 8 nitrogen and oxygen atoms in total. The average Bonchev–Trinajstić information content (AvgIpc) is 2.04. The van der Waals surface area contributed by atoms with Gasteiger partial charge in [0.25, 0.3) is 0 Å². The number of amides is 1. The van der Waals surface area contributed by atoms with Gasteiger partial charge in [0.2, 0.25) is 5.91 Å². The molecule has 0 aromatic carbocycles. The summed E-state index contributed by atoms with van der Waals surface area (Å²) < 4.78 is 0. The molecule has 0 saturated carbocycles. The van der Waals surface area contributed by atoms with E-state index in [0.29, 0.717) is 0 Å². The lowest BCUT2D eigenvalue weighted by molar-refractivity contribution is -0.128. The predicted octanol–water partition coefficient (Wildman–Crippen LogP) is 1.37. The zero-order valence-corrected chi connectivity index (χ0v) is 6.45. The van der Waals surface area contributed by atoms with Gasteiger partial charge in [-0.25, -0.2) is 0 Å². The van der Waals surface area contributed by atoms with Crippen molar-refractivity contribution in [2.75, 3.05) is 13.3 Å². The summed E-state index contributed by atoms with van der Waals surface area (Å²) in [5.74, 6) is -0.310. The number of carbonyl (C=O) groups excluding carboxylic acids is 1. The normalized spacial score (nSPS) is 7.75. The van der Waals surface area contributed by atoms with E-state index in [1.54, 1.807) is 0 Å². The van der Waals surface area contributed by atoms with Crippen LogP contribution in [0.25, 0.3) is 20.9 Å². The largest absolute Gasteiger partial charge is 0.331 e. The van der Waals surface area contributed by atoms with Crippen LogP contribution in [0.3, 0.4) is 0 Å². The highest BCUT2D eigenvalue weighted by molar-refractivity contribution is 5.73. The summed E-state index contributed by atoms with van der Waals surface area (Å²) in [5.41, 5.74) is 15.9. The van der Waals surface area contributed by atoms with Crippen molar-refractivity contribution in [1.82, 2.24) is 4.90 Å². The van der Waals surface area contributed by atoms with Crippen molar-refractivity contribution in [3.63, 3.8) is 0 Å². The zero-order chi connectivity index (χ0) is 9.40. The number of azide groups is 2. The lowest BCUT2D eigenvalue weighted by Crippen LogP contribution is -2.28. The van der Waals surface area contributed by atoms with Crippen molar-refractivity contribution in [2.24, 2.45) is 10.2 Å². The molecule has 0 heterocycles. The van der Waals surface area contributed by atoms with Gasteiger partial charge in [0.15, 0.2) is 0 Å². The maximum atomic E-state index is 10.7. The summed E-state index contributed by atoms with van der Waals surface area (Å²) in [6.07, 6.45) is 0. The summed E-state index contributed by atoms with van der Waals surface area (Å²) in [6, 6.07) is 0. The molecule has 8 heteroatoms. The van der Waals surface area contributed by atoms with Gasteiger partial charge in [-0.15, -0.1) is 0 Å². The topological polar surface area (TPSA) is 118 Å². The predicted molar refractivity (Wildman–Crippen MR) is 40.5 cm³/mol. The molecule has 64 valence electrons. The summed E-state index contributed by atoms with van der Waals surface area (Å²) in [6.45, 7) is 1.05. The lowest BCUT2D eigenvalue weighted by Gasteiger charge is -2.14. The van der Waals surface area contributed by atoms with E-state index in [2.05, 4.69) is 20.1 Å². The minimum absolute atomic E-state index is 0.120. The van der Waals surface area contributed by atoms with Crippen LogP contribution in [-0.2, 0) is 4.79 Å². The molecule has 0 rings (SSSR count). The molecule has 0 aromatic rings. The van der Waals surface area contributed by atoms with Gasteiger partial charge >= 0.3 is 0 Å². The van der Waals surface area contributed by atoms with Gasteiger partial charge in [-0.05, 0) is 11.1 Å². The van der Waals surface area contributed by atoms with Crippen LogP contribution < -0.4 is 0 Å². The molecule has 0 bridgehead atoms. The van der Waals surface area contributed by atoms with Crippen molar-refractivity contribution >= 4 is 5.91 Å². The monoisotopic (exact) mass is 169 g/mol. The van der Waals surface area contributed by atoms with Crippen LogP contribution >= 0.6 is 0 Å². The Morgan fingerprint density at radius 1 is 1.33 bits per heavy atom. The molecule has 0 N–H and O–H groups in total. The van der Waals surface area contributed by atoms with Crippen LogP contribution in [0, 0.1) is 0 Å². The van der Waals surface area contributed by atoms with Gasteiger partial charge in [0.1, 0.15) is 0 Å². The molecule has 0 unspecified atom stereocenters. The van der Waals surface area contributed by atoms with Crippen LogP contribution in [0.4, 0.5) is 0 Å². The highest BCUT2D eigenvalue weighted by Crippen LogP contribution is 1.90. The molecule has 0 fully saturated rings. The third kappa shape index (κ3) is 3.99. The number of hydrogen-bond donors (Lipinski definition) is 0. The van der Waals surface area contributed by atoms with Crippen molar-refractivity contribution in [1.29, 1.82) is 0 Å². The van der Waals surface area contributed by atoms with Gasteiger partial charge < -0.3 is 4.90 Å². The number of hydrogen-bond acceptors (Lipinski definition) is 3. The quantitative estimate of drug-likeness (QED) is 0.352. The minimum Gasteiger partial charge on any atom is -0.331 e. The molecule has 0 aliphatic carbocycles. The number of nitrogens with zero attached hydrogens (tertiary/aromatic N) is 7. The summed E-state index contributed by atoms with van der Waals surface area (Å²) in [5, 5.41) is 6.30. The van der Waals surface area contributed by atoms with E-state index in [1.165, 1.54) is 6.92 Å². The fourth-order valence-electron chi connectivity index (χ4n) is 0.453. The first-order valence-electron chi connectivity index (χ1n) is 2.99. The second-order valence-electron chi connectivity index (χ2n) is 1.80. The van der Waals surface area contributed by atoms with E-state index in [9.17, 15) is 4.79 Å². The van der Waals surface area contributed by atoms with E-state index >= 15 is 0 Å². The summed E-state index contributed by atoms with van der Waals surface area (Å²) in [4.78, 5) is 16.8. The minimum atomic E-state index is -0.310. The fourth-order valence-corrected chi connectivity index (χ4v) is 0.453. The molecule has 0 spiro atoms. The average molecular weight is 169 g/mol. The molecule has 0 aliphatic heterocycles. The van der Waals surface area contributed by atoms with Gasteiger partial charge in [-0.2, -0.15) is 0 Å². The highest BCUT2D eigenvalue weighted by Gasteiger charge is 2.03. The van der Waals surface area contributed by atoms with Crippen LogP contribution in [0.5, 0.6) is 0 Å². The van der Waals surface area contributed by atoms with E-state index in [-0.39, 0.29) is 19.2 Å². The number of carbonyl (C=O) groups is 1. The highest BCUT2D eigenvalue weighted by atomic mass is 16.2. The molecule has 12 heavy (non-hydrogen) atoms. The Kier molecular flexibility index (Phi) is 4.91. The standard InChI is InChI=1S/C4H7N7O/c1-4(12)11(2-7-9-5)3-8-10-6/h2-3H2,1H3. The van der Waals surface area contributed by atoms with E-state index in [4.69, 9.17) is 11.1 Å². The molecule has 1 amide bonds.